The second-order valence-electron chi connectivity index (χ2n) is 5.43. The predicted molar refractivity (Wildman–Crippen MR) is 82.2 cm³/mol. The second kappa shape index (κ2) is 6.60. The standard InChI is InChI=1S/C15H25ClN2O/c1-7-17-14(15(2,3)18(4)5)12-10-11(16)8-9-13(12)19-6/h8-10,14,17H,7H2,1-6H3. The zero-order chi connectivity index (χ0) is 14.6. The summed E-state index contributed by atoms with van der Waals surface area (Å²) in [6, 6.07) is 5.91. The fraction of sp³-hybridized carbons (Fsp3) is 0.600. The van der Waals surface area contributed by atoms with Crippen LogP contribution in [0.5, 0.6) is 5.75 Å². The highest BCUT2D eigenvalue weighted by Crippen LogP contribution is 2.36. The molecule has 0 bridgehead atoms. The largest absolute Gasteiger partial charge is 0.496 e. The number of rotatable bonds is 6. The van der Waals surface area contributed by atoms with Crippen LogP contribution in [0.2, 0.25) is 5.02 Å². The Balaban J connectivity index is 3.29. The van der Waals surface area contributed by atoms with E-state index < -0.39 is 0 Å². The average molecular weight is 285 g/mol. The van der Waals surface area contributed by atoms with Crippen LogP contribution >= 0.6 is 11.6 Å². The van der Waals surface area contributed by atoms with E-state index >= 15 is 0 Å². The fourth-order valence-corrected chi connectivity index (χ4v) is 2.31. The van der Waals surface area contributed by atoms with Crippen molar-refractivity contribution < 1.29 is 4.74 Å². The molecule has 4 heteroatoms. The number of hydrogen-bond donors (Lipinski definition) is 1. The van der Waals surface area contributed by atoms with Crippen molar-refractivity contribution in [3.63, 3.8) is 0 Å². The molecular formula is C15H25ClN2O. The van der Waals surface area contributed by atoms with Gasteiger partial charge in [-0.25, -0.2) is 0 Å². The maximum atomic E-state index is 6.15. The maximum absolute atomic E-state index is 6.15. The van der Waals surface area contributed by atoms with Crippen LogP contribution in [0.3, 0.4) is 0 Å². The van der Waals surface area contributed by atoms with Crippen molar-refractivity contribution in [1.82, 2.24) is 10.2 Å². The molecule has 0 radical (unpaired) electrons. The number of nitrogens with zero attached hydrogens (tertiary/aromatic N) is 1. The van der Waals surface area contributed by atoms with Crippen molar-refractivity contribution in [1.29, 1.82) is 0 Å². The Morgan fingerprint density at radius 3 is 2.47 bits per heavy atom. The minimum absolute atomic E-state index is 0.0615. The summed E-state index contributed by atoms with van der Waals surface area (Å²) in [5.41, 5.74) is 1.03. The number of nitrogens with one attached hydrogen (secondary N) is 1. The normalized spacial score (nSPS) is 13.7. The smallest absolute Gasteiger partial charge is 0.123 e. The molecule has 0 heterocycles. The van der Waals surface area contributed by atoms with E-state index in [0.717, 1.165) is 22.9 Å². The summed E-state index contributed by atoms with van der Waals surface area (Å²) < 4.78 is 5.49. The zero-order valence-electron chi connectivity index (χ0n) is 12.7. The number of likely N-dealkylation sites (N-methyl/N-ethyl adjacent to an activating group) is 2. The molecule has 1 aromatic carbocycles. The van der Waals surface area contributed by atoms with Crippen LogP contribution in [0, 0.1) is 0 Å². The number of ether oxygens (including phenoxy) is 1. The number of benzene rings is 1. The molecule has 0 aliphatic heterocycles. The minimum Gasteiger partial charge on any atom is -0.496 e. The van der Waals surface area contributed by atoms with Crippen LogP contribution in [0.15, 0.2) is 18.2 Å². The maximum Gasteiger partial charge on any atom is 0.123 e. The Hall–Kier alpha value is -0.770. The van der Waals surface area contributed by atoms with Gasteiger partial charge >= 0.3 is 0 Å². The second-order valence-corrected chi connectivity index (χ2v) is 5.86. The Morgan fingerprint density at radius 2 is 2.00 bits per heavy atom. The van der Waals surface area contributed by atoms with Crippen molar-refractivity contribution in [3.8, 4) is 5.75 Å². The van der Waals surface area contributed by atoms with Gasteiger partial charge in [-0.15, -0.1) is 0 Å². The van der Waals surface area contributed by atoms with E-state index in [0.29, 0.717) is 0 Å². The molecule has 108 valence electrons. The first-order valence-corrected chi connectivity index (χ1v) is 6.96. The molecular weight excluding hydrogens is 260 g/mol. The highest BCUT2D eigenvalue weighted by Gasteiger charge is 2.34. The molecule has 3 nitrogen and oxygen atoms in total. The van der Waals surface area contributed by atoms with E-state index in [1.807, 2.05) is 18.2 Å². The van der Waals surface area contributed by atoms with Crippen LogP contribution in [0.25, 0.3) is 0 Å². The SMILES string of the molecule is CCNC(c1cc(Cl)ccc1OC)C(C)(C)N(C)C. The van der Waals surface area contributed by atoms with E-state index in [2.05, 4.69) is 45.1 Å². The lowest BCUT2D eigenvalue weighted by Gasteiger charge is -2.41. The van der Waals surface area contributed by atoms with Gasteiger partial charge in [0.2, 0.25) is 0 Å². The lowest BCUT2D eigenvalue weighted by molar-refractivity contribution is 0.137. The van der Waals surface area contributed by atoms with Gasteiger partial charge in [-0.1, -0.05) is 18.5 Å². The average Bonchev–Trinajstić information content (AvgIpc) is 2.35. The van der Waals surface area contributed by atoms with Crippen molar-refractivity contribution in [3.05, 3.63) is 28.8 Å². The predicted octanol–water partition coefficient (Wildman–Crippen LogP) is 3.34. The molecule has 1 atom stereocenters. The third kappa shape index (κ3) is 3.62. The third-order valence-corrected chi connectivity index (χ3v) is 4.01. The van der Waals surface area contributed by atoms with Gasteiger partial charge in [0.05, 0.1) is 13.2 Å². The molecule has 0 aliphatic carbocycles. The molecule has 1 rings (SSSR count). The van der Waals surface area contributed by atoms with Gasteiger partial charge in [-0.05, 0) is 52.7 Å². The summed E-state index contributed by atoms with van der Waals surface area (Å²) in [7, 11) is 5.86. The first-order chi connectivity index (χ1) is 8.84. The van der Waals surface area contributed by atoms with Gasteiger partial charge in [-0.3, -0.25) is 0 Å². The number of hydrogen-bond acceptors (Lipinski definition) is 3. The molecule has 1 N–H and O–H groups in total. The quantitative estimate of drug-likeness (QED) is 0.867. The molecule has 1 aromatic rings. The summed E-state index contributed by atoms with van der Waals surface area (Å²) in [5, 5.41) is 4.27. The van der Waals surface area contributed by atoms with Gasteiger partial charge in [0, 0.05) is 16.1 Å². The Morgan fingerprint density at radius 1 is 1.37 bits per heavy atom. The highest BCUT2D eigenvalue weighted by molar-refractivity contribution is 6.30. The van der Waals surface area contributed by atoms with Crippen LogP contribution in [0.4, 0.5) is 0 Å². The van der Waals surface area contributed by atoms with Crippen LogP contribution in [0.1, 0.15) is 32.4 Å². The molecule has 1 unspecified atom stereocenters. The summed E-state index contributed by atoms with van der Waals surface area (Å²) >= 11 is 6.15. The lowest BCUT2D eigenvalue weighted by atomic mass is 9.87. The monoisotopic (exact) mass is 284 g/mol. The highest BCUT2D eigenvalue weighted by atomic mass is 35.5. The Kier molecular flexibility index (Phi) is 5.65. The topological polar surface area (TPSA) is 24.5 Å². The van der Waals surface area contributed by atoms with E-state index in [9.17, 15) is 0 Å². The van der Waals surface area contributed by atoms with Gasteiger partial charge in [-0.2, -0.15) is 0 Å². The van der Waals surface area contributed by atoms with Crippen LogP contribution < -0.4 is 10.1 Å². The van der Waals surface area contributed by atoms with Crippen LogP contribution in [-0.4, -0.2) is 38.2 Å². The molecule has 0 fully saturated rings. The van der Waals surface area contributed by atoms with Crippen molar-refractivity contribution >= 4 is 11.6 Å². The van der Waals surface area contributed by atoms with E-state index in [4.69, 9.17) is 16.3 Å². The van der Waals surface area contributed by atoms with E-state index in [1.165, 1.54) is 0 Å². The molecule has 0 amide bonds. The molecule has 0 aliphatic rings. The fourth-order valence-electron chi connectivity index (χ4n) is 2.13. The number of methoxy groups -OCH3 is 1. The summed E-state index contributed by atoms with van der Waals surface area (Å²) in [5.74, 6) is 0.866. The molecule has 0 saturated carbocycles. The van der Waals surface area contributed by atoms with E-state index in [1.54, 1.807) is 7.11 Å². The summed E-state index contributed by atoms with van der Waals surface area (Å²) in [6.07, 6.45) is 0. The van der Waals surface area contributed by atoms with Crippen molar-refractivity contribution in [2.45, 2.75) is 32.4 Å². The van der Waals surface area contributed by atoms with Crippen molar-refractivity contribution in [2.75, 3.05) is 27.7 Å². The summed E-state index contributed by atoms with van der Waals surface area (Å²) in [6.45, 7) is 7.41. The lowest BCUT2D eigenvalue weighted by Crippen LogP contribution is -2.49. The summed E-state index contributed by atoms with van der Waals surface area (Å²) in [4.78, 5) is 2.21. The van der Waals surface area contributed by atoms with Gasteiger partial charge in [0.1, 0.15) is 5.75 Å². The Labute approximate surface area is 121 Å². The van der Waals surface area contributed by atoms with Crippen molar-refractivity contribution in [2.24, 2.45) is 0 Å². The minimum atomic E-state index is -0.0615. The molecule has 19 heavy (non-hydrogen) atoms. The number of halogens is 1. The first-order valence-electron chi connectivity index (χ1n) is 6.58. The van der Waals surface area contributed by atoms with Gasteiger partial charge in [0.25, 0.3) is 0 Å². The van der Waals surface area contributed by atoms with Crippen LogP contribution in [-0.2, 0) is 0 Å². The van der Waals surface area contributed by atoms with E-state index in [-0.39, 0.29) is 11.6 Å². The third-order valence-electron chi connectivity index (χ3n) is 3.77. The zero-order valence-corrected chi connectivity index (χ0v) is 13.5. The van der Waals surface area contributed by atoms with Gasteiger partial charge < -0.3 is 15.0 Å². The molecule has 0 aromatic heterocycles. The Bertz CT molecular complexity index is 419. The molecule has 0 spiro atoms. The molecule has 0 saturated heterocycles. The first kappa shape index (κ1) is 16.3. The van der Waals surface area contributed by atoms with Gasteiger partial charge in [0.15, 0.2) is 0 Å².